The maximum Gasteiger partial charge on any atom is 0.308 e. The van der Waals surface area contributed by atoms with Crippen LogP contribution in [0.1, 0.15) is 71.1 Å². The lowest BCUT2D eigenvalue weighted by Crippen LogP contribution is -2.13. The number of unbranched alkanes of at least 4 members (excludes halogenated alkanes) is 8. The molecule has 0 saturated heterocycles. The Bertz CT molecular complexity index is 333. The molecule has 20 heavy (non-hydrogen) atoms. The predicted molar refractivity (Wildman–Crippen MR) is 79.4 cm³/mol. The number of aliphatic hydroxyl groups excluding tert-OH is 1. The van der Waals surface area contributed by atoms with Crippen LogP contribution in [0, 0.1) is 24.2 Å². The molecule has 0 aromatic carbocycles. The predicted octanol–water partition coefficient (Wildman–Crippen LogP) is 4.54. The molecular weight excluding hydrogens is 258 g/mol. The van der Waals surface area contributed by atoms with Crippen LogP contribution in [0.25, 0.3) is 0 Å². The lowest BCUT2D eigenvalue weighted by molar-refractivity contribution is 0.0532. The minimum atomic E-state index is -3.04. The second-order valence-corrected chi connectivity index (χ2v) is 5.12. The quantitative estimate of drug-likeness (QED) is 0.461. The average molecular weight is 284 g/mol. The van der Waals surface area contributed by atoms with Crippen molar-refractivity contribution in [3.05, 3.63) is 0 Å². The first-order chi connectivity index (χ1) is 9.52. The molecule has 0 aliphatic rings. The molecule has 0 rings (SSSR count). The molecule has 0 saturated carbocycles. The first kappa shape index (κ1) is 18.9. The van der Waals surface area contributed by atoms with Crippen LogP contribution < -0.4 is 0 Å². The Hall–Kier alpha value is -1.06. The van der Waals surface area contributed by atoms with E-state index in [-0.39, 0.29) is 6.42 Å². The van der Waals surface area contributed by atoms with Gasteiger partial charge in [-0.05, 0) is 12.3 Å². The van der Waals surface area contributed by atoms with Gasteiger partial charge in [0.2, 0.25) is 0 Å². The summed E-state index contributed by atoms with van der Waals surface area (Å²) in [5.41, 5.74) is 0. The number of aliphatic hydroxyl groups is 1. The Morgan fingerprint density at radius 1 is 1.00 bits per heavy atom. The van der Waals surface area contributed by atoms with E-state index in [0.717, 1.165) is 19.3 Å². The van der Waals surface area contributed by atoms with Crippen molar-refractivity contribution in [1.82, 2.24) is 0 Å². The van der Waals surface area contributed by atoms with Crippen LogP contribution in [0.2, 0.25) is 0 Å². The van der Waals surface area contributed by atoms with E-state index in [0.29, 0.717) is 6.42 Å². The van der Waals surface area contributed by atoms with Crippen LogP contribution in [0.5, 0.6) is 0 Å². The van der Waals surface area contributed by atoms with E-state index in [4.69, 9.17) is 11.5 Å². The highest BCUT2D eigenvalue weighted by atomic mass is 19.3. The summed E-state index contributed by atoms with van der Waals surface area (Å²) < 4.78 is 26.6. The molecule has 0 aromatic rings. The van der Waals surface area contributed by atoms with Gasteiger partial charge in [0.15, 0.2) is 6.10 Å². The van der Waals surface area contributed by atoms with Gasteiger partial charge >= 0.3 is 5.92 Å². The van der Waals surface area contributed by atoms with Gasteiger partial charge in [-0.2, -0.15) is 8.78 Å². The third kappa shape index (κ3) is 12.0. The van der Waals surface area contributed by atoms with Crippen molar-refractivity contribution in [3.8, 4) is 24.2 Å². The van der Waals surface area contributed by atoms with Crippen LogP contribution in [-0.4, -0.2) is 17.1 Å². The topological polar surface area (TPSA) is 20.2 Å². The number of hydrogen-bond acceptors (Lipinski definition) is 1. The normalized spacial score (nSPS) is 12.3. The van der Waals surface area contributed by atoms with Crippen molar-refractivity contribution in [2.45, 2.75) is 83.2 Å². The summed E-state index contributed by atoms with van der Waals surface area (Å²) in [6, 6.07) is 0. The molecule has 1 atom stereocenters. The Balaban J connectivity index is 3.58. The van der Waals surface area contributed by atoms with E-state index in [1.165, 1.54) is 32.1 Å². The highest BCUT2D eigenvalue weighted by Crippen LogP contribution is 2.21. The van der Waals surface area contributed by atoms with Crippen molar-refractivity contribution < 1.29 is 13.9 Å². The van der Waals surface area contributed by atoms with Crippen LogP contribution >= 0.6 is 0 Å². The molecular formula is C17H26F2O. The van der Waals surface area contributed by atoms with Crippen molar-refractivity contribution in [2.24, 2.45) is 0 Å². The highest BCUT2D eigenvalue weighted by molar-refractivity contribution is 5.19. The van der Waals surface area contributed by atoms with Gasteiger partial charge in [0, 0.05) is 6.42 Å². The third-order valence-electron chi connectivity index (χ3n) is 3.14. The van der Waals surface area contributed by atoms with Crippen molar-refractivity contribution in [2.75, 3.05) is 0 Å². The van der Waals surface area contributed by atoms with Gasteiger partial charge in [0.1, 0.15) is 0 Å². The van der Waals surface area contributed by atoms with Gasteiger partial charge in [-0.15, -0.1) is 6.42 Å². The molecule has 0 aliphatic heterocycles. The molecule has 1 nitrogen and oxygen atoms in total. The van der Waals surface area contributed by atoms with E-state index >= 15 is 0 Å². The molecule has 0 heterocycles. The van der Waals surface area contributed by atoms with Gasteiger partial charge in [0.05, 0.1) is 0 Å². The molecule has 1 unspecified atom stereocenters. The fourth-order valence-corrected chi connectivity index (χ4v) is 1.94. The molecule has 3 heteroatoms. The second kappa shape index (κ2) is 11.7. The summed E-state index contributed by atoms with van der Waals surface area (Å²) in [5, 5.41) is 8.91. The fraction of sp³-hybridized carbons (Fsp3) is 0.765. The van der Waals surface area contributed by atoms with Gasteiger partial charge in [-0.3, -0.25) is 0 Å². The first-order valence-electron chi connectivity index (χ1n) is 7.56. The monoisotopic (exact) mass is 284 g/mol. The number of halogens is 2. The van der Waals surface area contributed by atoms with E-state index in [2.05, 4.69) is 6.92 Å². The summed E-state index contributed by atoms with van der Waals surface area (Å²) in [5.74, 6) is 2.58. The Morgan fingerprint density at radius 2 is 1.50 bits per heavy atom. The minimum absolute atomic E-state index is 0.257. The van der Waals surface area contributed by atoms with E-state index in [1.807, 2.05) is 11.8 Å². The molecule has 0 radical (unpaired) electrons. The van der Waals surface area contributed by atoms with Crippen LogP contribution in [0.3, 0.4) is 0 Å². The largest absolute Gasteiger partial charge is 0.369 e. The number of rotatable bonds is 10. The van der Waals surface area contributed by atoms with E-state index in [9.17, 15) is 8.78 Å². The van der Waals surface area contributed by atoms with Crippen LogP contribution in [-0.2, 0) is 0 Å². The van der Waals surface area contributed by atoms with Gasteiger partial charge in [-0.1, -0.05) is 70.1 Å². The zero-order valence-electron chi connectivity index (χ0n) is 12.4. The van der Waals surface area contributed by atoms with E-state index in [1.54, 1.807) is 5.92 Å². The smallest absolute Gasteiger partial charge is 0.308 e. The summed E-state index contributed by atoms with van der Waals surface area (Å²) in [4.78, 5) is 0. The lowest BCUT2D eigenvalue weighted by Gasteiger charge is -2.09. The molecule has 0 aliphatic carbocycles. The lowest BCUT2D eigenvalue weighted by atomic mass is 10.0. The molecule has 114 valence electrons. The van der Waals surface area contributed by atoms with Gasteiger partial charge < -0.3 is 5.11 Å². The minimum Gasteiger partial charge on any atom is -0.369 e. The molecule has 0 spiro atoms. The molecule has 0 aromatic heterocycles. The Morgan fingerprint density at radius 3 is 2.00 bits per heavy atom. The summed E-state index contributed by atoms with van der Waals surface area (Å²) in [6.07, 6.45) is 12.8. The van der Waals surface area contributed by atoms with Crippen LogP contribution in [0.15, 0.2) is 0 Å². The Labute approximate surface area is 122 Å². The number of alkyl halides is 2. The summed E-state index contributed by atoms with van der Waals surface area (Å²) in [7, 11) is 0. The highest BCUT2D eigenvalue weighted by Gasteiger charge is 2.24. The maximum atomic E-state index is 13.3. The molecule has 0 fully saturated rings. The van der Waals surface area contributed by atoms with Crippen LogP contribution in [0.4, 0.5) is 8.78 Å². The van der Waals surface area contributed by atoms with E-state index < -0.39 is 12.0 Å². The average Bonchev–Trinajstić information content (AvgIpc) is 2.43. The zero-order chi connectivity index (χ0) is 15.3. The van der Waals surface area contributed by atoms with Gasteiger partial charge in [0.25, 0.3) is 0 Å². The SMILES string of the molecule is C#CC(O)C#CC(F)(F)CCCCCCCCCCC. The number of terminal acetylenes is 1. The summed E-state index contributed by atoms with van der Waals surface area (Å²) in [6.45, 7) is 2.19. The Kier molecular flexibility index (Phi) is 11.1. The molecule has 0 amide bonds. The standard InChI is InChI=1S/C17H26F2O/c1-3-5-6-7-8-9-10-11-12-14-17(18,19)15-13-16(20)4-2/h2,16,20H,3,5-12,14H2,1H3. The third-order valence-corrected chi connectivity index (χ3v) is 3.14. The first-order valence-corrected chi connectivity index (χ1v) is 7.56. The second-order valence-electron chi connectivity index (χ2n) is 5.12. The fourth-order valence-electron chi connectivity index (χ4n) is 1.94. The van der Waals surface area contributed by atoms with Crippen molar-refractivity contribution in [1.29, 1.82) is 0 Å². The molecule has 0 bridgehead atoms. The summed E-state index contributed by atoms with van der Waals surface area (Å²) >= 11 is 0. The number of hydrogen-bond donors (Lipinski definition) is 1. The van der Waals surface area contributed by atoms with Crippen molar-refractivity contribution in [3.63, 3.8) is 0 Å². The van der Waals surface area contributed by atoms with Gasteiger partial charge in [-0.25, -0.2) is 0 Å². The molecule has 1 N–H and O–H groups in total. The van der Waals surface area contributed by atoms with Crippen molar-refractivity contribution >= 4 is 0 Å². The maximum absolute atomic E-state index is 13.3. The zero-order valence-corrected chi connectivity index (χ0v) is 12.4.